The summed E-state index contributed by atoms with van der Waals surface area (Å²) in [6.45, 7) is 4.83. The van der Waals surface area contributed by atoms with Gasteiger partial charge in [0.25, 0.3) is 0 Å². The molecule has 0 atom stereocenters. The Kier molecular flexibility index (Phi) is 3.42. The van der Waals surface area contributed by atoms with E-state index in [-0.39, 0.29) is 5.91 Å². The van der Waals surface area contributed by atoms with Crippen molar-refractivity contribution in [3.05, 3.63) is 58.7 Å². The van der Waals surface area contributed by atoms with E-state index in [1.165, 1.54) is 22.3 Å². The Balaban J connectivity index is 2.01. The number of nitrogens with two attached hydrogens (primary N) is 1. The van der Waals surface area contributed by atoms with Crippen LogP contribution >= 0.6 is 0 Å². The lowest BCUT2D eigenvalue weighted by molar-refractivity contribution is -0.119. The lowest BCUT2D eigenvalue weighted by atomic mass is 9.97. The third-order valence-corrected chi connectivity index (χ3v) is 4.26. The maximum Gasteiger partial charge on any atom is 0.227 e. The van der Waals surface area contributed by atoms with Crippen molar-refractivity contribution in [3.8, 4) is 0 Å². The molecule has 21 heavy (non-hydrogen) atoms. The summed E-state index contributed by atoms with van der Waals surface area (Å²) in [5.74, 6) is 0.190. The molecule has 0 saturated heterocycles. The summed E-state index contributed by atoms with van der Waals surface area (Å²) in [7, 11) is 0. The molecular formula is C18H20N2O. The maximum absolute atomic E-state index is 12.4. The molecule has 2 aromatic carbocycles. The molecule has 0 saturated carbocycles. The van der Waals surface area contributed by atoms with Crippen molar-refractivity contribution in [2.75, 3.05) is 10.6 Å². The zero-order chi connectivity index (χ0) is 15.0. The summed E-state index contributed by atoms with van der Waals surface area (Å²) in [5.41, 5.74) is 12.5. The smallest absolute Gasteiger partial charge is 0.227 e. The molecule has 0 fully saturated rings. The highest BCUT2D eigenvalue weighted by molar-refractivity contribution is 5.96. The molecule has 2 N–H and O–H groups in total. The average molecular weight is 280 g/mol. The highest BCUT2D eigenvalue weighted by Gasteiger charge is 2.25. The fourth-order valence-electron chi connectivity index (χ4n) is 3.01. The van der Waals surface area contributed by atoms with E-state index < -0.39 is 0 Å². The van der Waals surface area contributed by atoms with E-state index >= 15 is 0 Å². The van der Waals surface area contributed by atoms with Crippen LogP contribution < -0.4 is 10.6 Å². The zero-order valence-electron chi connectivity index (χ0n) is 12.5. The summed E-state index contributed by atoms with van der Waals surface area (Å²) >= 11 is 0. The quantitative estimate of drug-likeness (QED) is 0.857. The first kappa shape index (κ1) is 13.7. The minimum Gasteiger partial charge on any atom is -0.399 e. The Morgan fingerprint density at radius 3 is 2.52 bits per heavy atom. The van der Waals surface area contributed by atoms with Crippen LogP contribution in [-0.4, -0.2) is 5.91 Å². The largest absolute Gasteiger partial charge is 0.399 e. The molecule has 1 amide bonds. The summed E-state index contributed by atoms with van der Waals surface area (Å²) in [5, 5.41) is 0. The number of nitrogen functional groups attached to an aromatic ring is 1. The standard InChI is InChI=1S/C18H20N2O/c1-12-4-3-5-13(2)16(12)11-20-17-8-7-15(19)10-14(17)6-9-18(20)21/h3-5,7-8,10H,6,9,11,19H2,1-2H3. The molecule has 0 unspecified atom stereocenters. The van der Waals surface area contributed by atoms with Crippen LogP contribution in [-0.2, 0) is 17.8 Å². The molecule has 0 aromatic heterocycles. The Morgan fingerprint density at radius 1 is 1.10 bits per heavy atom. The summed E-state index contributed by atoms with van der Waals surface area (Å²) in [6, 6.07) is 12.1. The van der Waals surface area contributed by atoms with Gasteiger partial charge in [0.2, 0.25) is 5.91 Å². The van der Waals surface area contributed by atoms with E-state index in [0.717, 1.165) is 17.8 Å². The second-order valence-corrected chi connectivity index (χ2v) is 5.74. The third kappa shape index (κ3) is 2.51. The summed E-state index contributed by atoms with van der Waals surface area (Å²) in [6.07, 6.45) is 1.34. The van der Waals surface area contributed by atoms with Gasteiger partial charge in [0.05, 0.1) is 6.54 Å². The molecule has 3 nitrogen and oxygen atoms in total. The van der Waals surface area contributed by atoms with Gasteiger partial charge in [-0.15, -0.1) is 0 Å². The van der Waals surface area contributed by atoms with Gasteiger partial charge in [0.15, 0.2) is 0 Å². The predicted molar refractivity (Wildman–Crippen MR) is 86.3 cm³/mol. The van der Waals surface area contributed by atoms with Crippen LogP contribution in [0.2, 0.25) is 0 Å². The summed E-state index contributed by atoms with van der Waals surface area (Å²) in [4.78, 5) is 14.3. The van der Waals surface area contributed by atoms with Crippen molar-refractivity contribution < 1.29 is 4.79 Å². The first-order valence-electron chi connectivity index (χ1n) is 7.30. The van der Waals surface area contributed by atoms with Crippen molar-refractivity contribution in [2.24, 2.45) is 0 Å². The van der Waals surface area contributed by atoms with Crippen molar-refractivity contribution in [2.45, 2.75) is 33.2 Å². The third-order valence-electron chi connectivity index (χ3n) is 4.26. The van der Waals surface area contributed by atoms with Crippen LogP contribution in [0.1, 0.15) is 28.7 Å². The number of anilines is 2. The fourth-order valence-corrected chi connectivity index (χ4v) is 3.01. The second kappa shape index (κ2) is 5.24. The van der Waals surface area contributed by atoms with E-state index in [1.54, 1.807) is 0 Å². The number of nitrogens with zero attached hydrogens (tertiary/aromatic N) is 1. The van der Waals surface area contributed by atoms with Gasteiger partial charge in [-0.1, -0.05) is 18.2 Å². The topological polar surface area (TPSA) is 46.3 Å². The monoisotopic (exact) mass is 280 g/mol. The number of amides is 1. The van der Waals surface area contributed by atoms with E-state index in [0.29, 0.717) is 13.0 Å². The van der Waals surface area contributed by atoms with Crippen LogP contribution in [0.3, 0.4) is 0 Å². The number of hydrogen-bond donors (Lipinski definition) is 1. The average Bonchev–Trinajstić information content (AvgIpc) is 2.45. The van der Waals surface area contributed by atoms with E-state index in [1.807, 2.05) is 23.1 Å². The van der Waals surface area contributed by atoms with E-state index in [9.17, 15) is 4.79 Å². The Morgan fingerprint density at radius 2 is 1.81 bits per heavy atom. The molecular weight excluding hydrogens is 260 g/mol. The van der Waals surface area contributed by atoms with Crippen LogP contribution in [0, 0.1) is 13.8 Å². The summed E-state index contributed by atoms with van der Waals surface area (Å²) < 4.78 is 0. The number of aryl methyl sites for hydroxylation is 3. The number of carbonyl (C=O) groups is 1. The highest BCUT2D eigenvalue weighted by atomic mass is 16.2. The van der Waals surface area contributed by atoms with E-state index in [4.69, 9.17) is 5.73 Å². The Hall–Kier alpha value is -2.29. The normalized spacial score (nSPS) is 14.2. The Bertz CT molecular complexity index is 686. The van der Waals surface area contributed by atoms with Crippen LogP contribution in [0.4, 0.5) is 11.4 Å². The number of fused-ring (bicyclic) bond motifs is 1. The van der Waals surface area contributed by atoms with Gasteiger partial charge in [0, 0.05) is 17.8 Å². The molecule has 0 aliphatic carbocycles. The van der Waals surface area contributed by atoms with Gasteiger partial charge < -0.3 is 10.6 Å². The van der Waals surface area contributed by atoms with Gasteiger partial charge in [-0.25, -0.2) is 0 Å². The number of carbonyl (C=O) groups excluding carboxylic acids is 1. The molecule has 1 aliphatic heterocycles. The van der Waals surface area contributed by atoms with Crippen molar-refractivity contribution in [1.82, 2.24) is 0 Å². The minimum atomic E-state index is 0.190. The van der Waals surface area contributed by atoms with Crippen LogP contribution in [0.5, 0.6) is 0 Å². The zero-order valence-corrected chi connectivity index (χ0v) is 12.5. The number of hydrogen-bond acceptors (Lipinski definition) is 2. The highest BCUT2D eigenvalue weighted by Crippen LogP contribution is 2.31. The molecule has 3 rings (SSSR count). The lowest BCUT2D eigenvalue weighted by Gasteiger charge is -2.30. The number of rotatable bonds is 2. The molecule has 0 bridgehead atoms. The minimum absolute atomic E-state index is 0.190. The molecule has 0 spiro atoms. The first-order valence-corrected chi connectivity index (χ1v) is 7.30. The first-order chi connectivity index (χ1) is 10.1. The molecule has 3 heteroatoms. The predicted octanol–water partition coefficient (Wildman–Crippen LogP) is 3.37. The molecule has 0 radical (unpaired) electrons. The van der Waals surface area contributed by atoms with Crippen molar-refractivity contribution in [1.29, 1.82) is 0 Å². The lowest BCUT2D eigenvalue weighted by Crippen LogP contribution is -2.35. The van der Waals surface area contributed by atoms with Crippen molar-refractivity contribution >= 4 is 17.3 Å². The Labute approximate surface area is 125 Å². The van der Waals surface area contributed by atoms with Gasteiger partial charge in [0.1, 0.15) is 0 Å². The van der Waals surface area contributed by atoms with Crippen LogP contribution in [0.25, 0.3) is 0 Å². The molecule has 2 aromatic rings. The molecule has 1 aliphatic rings. The maximum atomic E-state index is 12.4. The van der Waals surface area contributed by atoms with Crippen molar-refractivity contribution in [3.63, 3.8) is 0 Å². The van der Waals surface area contributed by atoms with Gasteiger partial charge in [-0.05, 0) is 60.7 Å². The van der Waals surface area contributed by atoms with Gasteiger partial charge >= 0.3 is 0 Å². The fraction of sp³-hybridized carbons (Fsp3) is 0.278. The second-order valence-electron chi connectivity index (χ2n) is 5.74. The molecule has 1 heterocycles. The van der Waals surface area contributed by atoms with Crippen LogP contribution in [0.15, 0.2) is 36.4 Å². The molecule has 108 valence electrons. The SMILES string of the molecule is Cc1cccc(C)c1CN1C(=O)CCc2cc(N)ccc21. The van der Waals surface area contributed by atoms with Gasteiger partial charge in [-0.2, -0.15) is 0 Å². The van der Waals surface area contributed by atoms with E-state index in [2.05, 4.69) is 32.0 Å². The van der Waals surface area contributed by atoms with Gasteiger partial charge in [-0.3, -0.25) is 4.79 Å². The number of benzene rings is 2.